The number of aromatic nitrogens is 3. The second-order valence-corrected chi connectivity index (χ2v) is 6.75. The van der Waals surface area contributed by atoms with Crippen molar-refractivity contribution < 1.29 is 14.7 Å². The Morgan fingerprint density at radius 1 is 1.23 bits per heavy atom. The van der Waals surface area contributed by atoms with Crippen molar-refractivity contribution in [3.63, 3.8) is 0 Å². The van der Waals surface area contributed by atoms with Gasteiger partial charge in [0.1, 0.15) is 5.69 Å². The van der Waals surface area contributed by atoms with Gasteiger partial charge in [0.25, 0.3) is 5.56 Å². The van der Waals surface area contributed by atoms with E-state index < -0.39 is 11.5 Å². The Morgan fingerprint density at radius 2 is 1.92 bits per heavy atom. The molecule has 2 rings (SSSR count). The molecule has 1 heterocycles. The van der Waals surface area contributed by atoms with Crippen molar-refractivity contribution in [2.24, 2.45) is 0 Å². The van der Waals surface area contributed by atoms with Gasteiger partial charge in [-0.2, -0.15) is 0 Å². The number of nitrogens with zero attached hydrogens (tertiary/aromatic N) is 3. The monoisotopic (exact) mass is 376 g/mol. The third kappa shape index (κ3) is 5.41. The van der Waals surface area contributed by atoms with Crippen molar-refractivity contribution in [1.29, 1.82) is 0 Å². The van der Waals surface area contributed by atoms with Crippen LogP contribution in [0.2, 0.25) is 0 Å². The molecule has 0 aliphatic heterocycles. The number of rotatable bonds is 8. The first-order valence-corrected chi connectivity index (χ1v) is 9.04. The van der Waals surface area contributed by atoms with E-state index in [1.54, 1.807) is 4.90 Å². The zero-order valence-electron chi connectivity index (χ0n) is 14.5. The number of aliphatic carboxylic acids is 1. The topological polar surface area (TPSA) is 116 Å². The number of H-pyrrole nitrogens is 1. The highest BCUT2D eigenvalue weighted by Crippen LogP contribution is 2.19. The molecule has 0 fully saturated rings. The minimum absolute atomic E-state index is 0.0106. The van der Waals surface area contributed by atoms with Crippen LogP contribution in [0.25, 0.3) is 0 Å². The molecule has 9 heteroatoms. The molecule has 0 saturated carbocycles. The van der Waals surface area contributed by atoms with Gasteiger partial charge in [0.15, 0.2) is 5.16 Å². The number of para-hydroxylation sites is 1. The molecule has 8 nitrogen and oxygen atoms in total. The molecule has 2 aromatic rings. The molecular weight excluding hydrogens is 356 g/mol. The lowest BCUT2D eigenvalue weighted by molar-refractivity contribution is -0.137. The van der Waals surface area contributed by atoms with E-state index >= 15 is 0 Å². The molecule has 0 aliphatic rings. The molecule has 1 aromatic carbocycles. The largest absolute Gasteiger partial charge is 0.481 e. The van der Waals surface area contributed by atoms with Crippen molar-refractivity contribution in [1.82, 2.24) is 15.2 Å². The molecule has 1 amide bonds. The molecule has 0 unspecified atom stereocenters. The lowest BCUT2D eigenvalue weighted by Crippen LogP contribution is -2.38. The summed E-state index contributed by atoms with van der Waals surface area (Å²) in [4.78, 5) is 39.3. The zero-order valence-corrected chi connectivity index (χ0v) is 15.3. The van der Waals surface area contributed by atoms with Crippen molar-refractivity contribution in [3.05, 3.63) is 46.4 Å². The number of carboxylic acids is 1. The van der Waals surface area contributed by atoms with Gasteiger partial charge in [0.2, 0.25) is 5.91 Å². The van der Waals surface area contributed by atoms with Gasteiger partial charge in [0.05, 0.1) is 12.2 Å². The van der Waals surface area contributed by atoms with Crippen LogP contribution in [-0.4, -0.2) is 44.0 Å². The molecule has 0 aliphatic carbocycles. The number of aryl methyl sites for hydroxylation is 1. The van der Waals surface area contributed by atoms with Crippen LogP contribution in [0, 0.1) is 0 Å². The van der Waals surface area contributed by atoms with Gasteiger partial charge in [-0.25, -0.2) is 0 Å². The molecule has 0 atom stereocenters. The summed E-state index contributed by atoms with van der Waals surface area (Å²) in [5, 5.41) is 16.5. The quantitative estimate of drug-likeness (QED) is 0.674. The Kier molecular flexibility index (Phi) is 6.90. The van der Waals surface area contributed by atoms with Gasteiger partial charge < -0.3 is 10.0 Å². The van der Waals surface area contributed by atoms with E-state index in [9.17, 15) is 14.4 Å². The standard InChI is InChI=1S/C17H20N4O4S/c1-11(2)21(12-6-4-3-5-7-12)14(22)10-26-17-18-16(25)13(19-20-17)8-9-15(23)24/h3-7,11H,8-10H2,1-2H3,(H,23,24)(H,18,20,25). The van der Waals surface area contributed by atoms with E-state index in [0.29, 0.717) is 0 Å². The predicted octanol–water partition coefficient (Wildman–Crippen LogP) is 1.72. The van der Waals surface area contributed by atoms with Crippen LogP contribution in [0.1, 0.15) is 26.0 Å². The van der Waals surface area contributed by atoms with Gasteiger partial charge in [0, 0.05) is 18.2 Å². The van der Waals surface area contributed by atoms with Crippen LogP contribution in [0.4, 0.5) is 5.69 Å². The Labute approximate surface area is 154 Å². The fourth-order valence-electron chi connectivity index (χ4n) is 2.32. The third-order valence-corrected chi connectivity index (χ3v) is 4.32. The maximum atomic E-state index is 12.6. The van der Waals surface area contributed by atoms with E-state index in [2.05, 4.69) is 15.2 Å². The number of carbonyl (C=O) groups excluding carboxylic acids is 1. The Balaban J connectivity index is 2.03. The molecule has 0 radical (unpaired) electrons. The molecule has 26 heavy (non-hydrogen) atoms. The van der Waals surface area contributed by atoms with Crippen molar-refractivity contribution in [2.75, 3.05) is 10.7 Å². The summed E-state index contributed by atoms with van der Waals surface area (Å²) in [7, 11) is 0. The predicted molar refractivity (Wildman–Crippen MR) is 98.4 cm³/mol. The minimum atomic E-state index is -1.01. The number of benzene rings is 1. The summed E-state index contributed by atoms with van der Waals surface area (Å²) in [5.74, 6) is -1.04. The van der Waals surface area contributed by atoms with Crippen LogP contribution < -0.4 is 10.5 Å². The number of aromatic amines is 1. The van der Waals surface area contributed by atoms with Crippen LogP contribution in [-0.2, 0) is 16.0 Å². The van der Waals surface area contributed by atoms with E-state index in [0.717, 1.165) is 17.4 Å². The molecule has 0 bridgehead atoms. The lowest BCUT2D eigenvalue weighted by atomic mass is 10.2. The van der Waals surface area contributed by atoms with Gasteiger partial charge in [-0.15, -0.1) is 10.2 Å². The average Bonchev–Trinajstić information content (AvgIpc) is 2.59. The van der Waals surface area contributed by atoms with Crippen LogP contribution in [0.5, 0.6) is 0 Å². The van der Waals surface area contributed by atoms with E-state index in [4.69, 9.17) is 5.11 Å². The summed E-state index contributed by atoms with van der Waals surface area (Å²) in [6.45, 7) is 3.85. The summed E-state index contributed by atoms with van der Waals surface area (Å²) < 4.78 is 0. The summed E-state index contributed by atoms with van der Waals surface area (Å²) in [6, 6.07) is 9.32. The third-order valence-electron chi connectivity index (χ3n) is 3.47. The molecular formula is C17H20N4O4S. The molecule has 1 aromatic heterocycles. The molecule has 2 N–H and O–H groups in total. The Bertz CT molecular complexity index is 823. The van der Waals surface area contributed by atoms with E-state index in [1.807, 2.05) is 44.2 Å². The number of thioether (sulfide) groups is 1. The first-order valence-electron chi connectivity index (χ1n) is 8.06. The Morgan fingerprint density at radius 3 is 2.50 bits per heavy atom. The number of anilines is 1. The maximum absolute atomic E-state index is 12.6. The number of carbonyl (C=O) groups is 2. The highest BCUT2D eigenvalue weighted by atomic mass is 32.2. The van der Waals surface area contributed by atoms with Gasteiger partial charge in [-0.3, -0.25) is 19.4 Å². The number of hydrogen-bond donors (Lipinski definition) is 2. The summed E-state index contributed by atoms with van der Waals surface area (Å²) in [6.07, 6.45) is -0.181. The van der Waals surface area contributed by atoms with Crippen molar-refractivity contribution >= 4 is 29.3 Å². The number of hydrogen-bond acceptors (Lipinski definition) is 6. The average molecular weight is 376 g/mol. The van der Waals surface area contributed by atoms with E-state index in [1.165, 1.54) is 0 Å². The smallest absolute Gasteiger partial charge is 0.303 e. The second-order valence-electron chi connectivity index (χ2n) is 5.78. The van der Waals surface area contributed by atoms with Gasteiger partial charge in [-0.1, -0.05) is 30.0 Å². The highest BCUT2D eigenvalue weighted by Gasteiger charge is 2.19. The van der Waals surface area contributed by atoms with Crippen LogP contribution in [0.15, 0.2) is 40.3 Å². The first kappa shape index (κ1) is 19.6. The van der Waals surface area contributed by atoms with Crippen molar-refractivity contribution in [2.45, 2.75) is 37.9 Å². The maximum Gasteiger partial charge on any atom is 0.303 e. The minimum Gasteiger partial charge on any atom is -0.481 e. The van der Waals surface area contributed by atoms with Gasteiger partial charge >= 0.3 is 5.97 Å². The molecule has 0 saturated heterocycles. The zero-order chi connectivity index (χ0) is 19.1. The fraction of sp³-hybridized carbons (Fsp3) is 0.353. The number of amides is 1. The molecule has 0 spiro atoms. The second kappa shape index (κ2) is 9.14. The van der Waals surface area contributed by atoms with Gasteiger partial charge in [-0.05, 0) is 26.0 Å². The molecule has 138 valence electrons. The Hall–Kier alpha value is -2.68. The van der Waals surface area contributed by atoms with E-state index in [-0.39, 0.29) is 41.4 Å². The summed E-state index contributed by atoms with van der Waals surface area (Å²) in [5.41, 5.74) is 0.382. The van der Waals surface area contributed by atoms with Crippen LogP contribution in [0.3, 0.4) is 0 Å². The number of nitrogens with one attached hydrogen (secondary N) is 1. The first-order chi connectivity index (χ1) is 12.4. The number of carboxylic acid groups (broad SMARTS) is 1. The summed E-state index contributed by atoms with van der Waals surface area (Å²) >= 11 is 1.08. The normalized spacial score (nSPS) is 10.7. The lowest BCUT2D eigenvalue weighted by Gasteiger charge is -2.26. The fourth-order valence-corrected chi connectivity index (χ4v) is 2.98. The van der Waals surface area contributed by atoms with Crippen LogP contribution >= 0.6 is 11.8 Å². The highest BCUT2D eigenvalue weighted by molar-refractivity contribution is 7.99. The van der Waals surface area contributed by atoms with Crippen molar-refractivity contribution in [3.8, 4) is 0 Å². The SMILES string of the molecule is CC(C)N(C(=O)CSc1nnc(CCC(=O)O)c(=O)[nH]1)c1ccccc1.